The Kier molecular flexibility index (Phi) is 3.56. The highest BCUT2D eigenvalue weighted by molar-refractivity contribution is 8.13. The Morgan fingerprint density at radius 2 is 1.86 bits per heavy atom. The van der Waals surface area contributed by atoms with Gasteiger partial charge in [0.25, 0.3) is 9.05 Å². The van der Waals surface area contributed by atoms with Crippen molar-refractivity contribution in [1.29, 1.82) is 0 Å². The van der Waals surface area contributed by atoms with Gasteiger partial charge in [0, 0.05) is 10.7 Å². The summed E-state index contributed by atoms with van der Waals surface area (Å²) in [6.45, 7) is 3.89. The molecule has 0 saturated carbocycles. The van der Waals surface area contributed by atoms with E-state index in [4.69, 9.17) is 10.7 Å². The van der Waals surface area contributed by atoms with Gasteiger partial charge in [-0.3, -0.25) is 0 Å². The highest BCUT2D eigenvalue weighted by Gasteiger charge is 2.14. The molecule has 0 aliphatic carbocycles. The predicted molar refractivity (Wildman–Crippen MR) is 58.2 cm³/mol. The third-order valence-corrected chi connectivity index (χ3v) is 3.59. The molecule has 1 aromatic rings. The molecule has 0 amide bonds. The molecule has 0 fully saturated rings. The van der Waals surface area contributed by atoms with Crippen LogP contribution in [0.4, 0.5) is 0 Å². The van der Waals surface area contributed by atoms with Crippen LogP contribution in [0.1, 0.15) is 25.0 Å². The molecule has 14 heavy (non-hydrogen) atoms. The third-order valence-electron chi connectivity index (χ3n) is 2.18. The molecule has 0 aromatic heterocycles. The molecule has 1 aromatic carbocycles. The van der Waals surface area contributed by atoms with Gasteiger partial charge >= 0.3 is 0 Å². The summed E-state index contributed by atoms with van der Waals surface area (Å²) in [4.78, 5) is 0.251. The number of rotatable bonds is 3. The molecule has 78 valence electrons. The lowest BCUT2D eigenvalue weighted by Crippen LogP contribution is -1.98. The molecule has 0 atom stereocenters. The first-order valence-electron chi connectivity index (χ1n) is 4.55. The molecule has 0 radical (unpaired) electrons. The maximum Gasteiger partial charge on any atom is 0.261 e. The highest BCUT2D eigenvalue weighted by atomic mass is 35.7. The summed E-state index contributed by atoms with van der Waals surface area (Å²) in [5.41, 5.74) is 1.76. The third kappa shape index (κ3) is 2.49. The van der Waals surface area contributed by atoms with Crippen LogP contribution in [0.2, 0.25) is 0 Å². The zero-order valence-corrected chi connectivity index (χ0v) is 9.82. The Morgan fingerprint density at radius 1 is 1.21 bits per heavy atom. The summed E-state index contributed by atoms with van der Waals surface area (Å²) in [5.74, 6) is 0. The fraction of sp³-hybridized carbons (Fsp3) is 0.400. The van der Waals surface area contributed by atoms with Crippen molar-refractivity contribution >= 4 is 19.7 Å². The molecular weight excluding hydrogens is 220 g/mol. The first kappa shape index (κ1) is 11.5. The van der Waals surface area contributed by atoms with E-state index >= 15 is 0 Å². The second-order valence-corrected chi connectivity index (χ2v) is 5.62. The van der Waals surface area contributed by atoms with Crippen molar-refractivity contribution in [2.75, 3.05) is 0 Å². The Bertz CT molecular complexity index is 424. The van der Waals surface area contributed by atoms with E-state index < -0.39 is 9.05 Å². The Balaban J connectivity index is 3.37. The van der Waals surface area contributed by atoms with E-state index in [9.17, 15) is 8.42 Å². The molecule has 0 heterocycles. The van der Waals surface area contributed by atoms with E-state index in [1.54, 1.807) is 6.07 Å². The maximum absolute atomic E-state index is 11.2. The van der Waals surface area contributed by atoms with E-state index in [0.29, 0.717) is 6.42 Å². The normalized spacial score (nSPS) is 11.6. The quantitative estimate of drug-likeness (QED) is 0.751. The first-order chi connectivity index (χ1) is 6.49. The van der Waals surface area contributed by atoms with Crippen LogP contribution in [0.3, 0.4) is 0 Å². The zero-order valence-electron chi connectivity index (χ0n) is 8.25. The molecule has 0 N–H and O–H groups in total. The average molecular weight is 233 g/mol. The lowest BCUT2D eigenvalue weighted by Gasteiger charge is -2.06. The van der Waals surface area contributed by atoms with Crippen molar-refractivity contribution in [2.45, 2.75) is 31.6 Å². The topological polar surface area (TPSA) is 34.1 Å². The molecule has 0 bridgehead atoms. The summed E-state index contributed by atoms with van der Waals surface area (Å²) in [7, 11) is 1.74. The number of halogens is 1. The van der Waals surface area contributed by atoms with Crippen molar-refractivity contribution in [2.24, 2.45) is 0 Å². The minimum Gasteiger partial charge on any atom is -0.207 e. The molecular formula is C10H13ClO2S. The molecule has 0 spiro atoms. The van der Waals surface area contributed by atoms with E-state index in [-0.39, 0.29) is 4.90 Å². The van der Waals surface area contributed by atoms with Crippen LogP contribution in [-0.2, 0) is 21.9 Å². The molecule has 2 nitrogen and oxygen atoms in total. The van der Waals surface area contributed by atoms with Crippen LogP contribution >= 0.6 is 10.7 Å². The smallest absolute Gasteiger partial charge is 0.207 e. The largest absolute Gasteiger partial charge is 0.261 e. The Hall–Kier alpha value is -0.540. The summed E-state index contributed by atoms with van der Waals surface area (Å²) in [5, 5.41) is 0. The summed E-state index contributed by atoms with van der Waals surface area (Å²) in [6.07, 6.45) is 1.48. The molecule has 0 unspecified atom stereocenters. The van der Waals surface area contributed by atoms with Crippen LogP contribution in [0, 0.1) is 0 Å². The van der Waals surface area contributed by atoms with Gasteiger partial charge < -0.3 is 0 Å². The van der Waals surface area contributed by atoms with Gasteiger partial charge in [-0.05, 0) is 30.0 Å². The van der Waals surface area contributed by atoms with Gasteiger partial charge in [0.1, 0.15) is 0 Å². The molecule has 4 heteroatoms. The van der Waals surface area contributed by atoms with Gasteiger partial charge in [0.05, 0.1) is 4.90 Å². The molecule has 1 rings (SSSR count). The molecule has 0 saturated heterocycles. The van der Waals surface area contributed by atoms with Crippen molar-refractivity contribution in [3.63, 3.8) is 0 Å². The lowest BCUT2D eigenvalue weighted by atomic mass is 10.1. The summed E-state index contributed by atoms with van der Waals surface area (Å²) < 4.78 is 22.5. The van der Waals surface area contributed by atoms with Gasteiger partial charge in [-0.25, -0.2) is 8.42 Å². The predicted octanol–water partition coefficient (Wildman–Crippen LogP) is 2.74. The second kappa shape index (κ2) is 4.32. The van der Waals surface area contributed by atoms with Gasteiger partial charge in [0.2, 0.25) is 0 Å². The monoisotopic (exact) mass is 232 g/mol. The highest BCUT2D eigenvalue weighted by Crippen LogP contribution is 2.22. The standard InChI is InChI=1S/C10H13ClO2S/c1-3-8-5-6-9(4-2)10(7-8)14(11,12)13/h5-7H,3-4H2,1-2H3. The second-order valence-electron chi connectivity index (χ2n) is 3.09. The fourth-order valence-electron chi connectivity index (χ4n) is 1.34. The Labute approximate surface area is 89.3 Å². The number of hydrogen-bond donors (Lipinski definition) is 0. The number of benzene rings is 1. The zero-order chi connectivity index (χ0) is 10.8. The van der Waals surface area contributed by atoms with Crippen LogP contribution in [0.25, 0.3) is 0 Å². The fourth-order valence-corrected chi connectivity index (χ4v) is 2.59. The SMILES string of the molecule is CCc1ccc(CC)c(S(=O)(=O)Cl)c1. The average Bonchev–Trinajstić information content (AvgIpc) is 2.15. The van der Waals surface area contributed by atoms with E-state index in [2.05, 4.69) is 0 Å². The Morgan fingerprint density at radius 3 is 2.29 bits per heavy atom. The number of hydrogen-bond acceptors (Lipinski definition) is 2. The van der Waals surface area contributed by atoms with Gasteiger partial charge in [-0.1, -0.05) is 26.0 Å². The summed E-state index contributed by atoms with van der Waals surface area (Å²) in [6, 6.07) is 5.42. The van der Waals surface area contributed by atoms with Gasteiger partial charge in [-0.15, -0.1) is 0 Å². The van der Waals surface area contributed by atoms with Crippen molar-refractivity contribution in [3.8, 4) is 0 Å². The minimum atomic E-state index is -3.61. The van der Waals surface area contributed by atoms with Crippen molar-refractivity contribution in [3.05, 3.63) is 29.3 Å². The van der Waals surface area contributed by atoms with Crippen LogP contribution in [0.5, 0.6) is 0 Å². The number of aryl methyl sites for hydroxylation is 2. The minimum absolute atomic E-state index is 0.251. The van der Waals surface area contributed by atoms with Gasteiger partial charge in [-0.2, -0.15) is 0 Å². The van der Waals surface area contributed by atoms with E-state index in [1.807, 2.05) is 26.0 Å². The van der Waals surface area contributed by atoms with Crippen molar-refractivity contribution < 1.29 is 8.42 Å². The van der Waals surface area contributed by atoms with E-state index in [0.717, 1.165) is 17.5 Å². The van der Waals surface area contributed by atoms with Crippen LogP contribution in [-0.4, -0.2) is 8.42 Å². The van der Waals surface area contributed by atoms with Crippen LogP contribution in [0.15, 0.2) is 23.1 Å². The van der Waals surface area contributed by atoms with Gasteiger partial charge in [0.15, 0.2) is 0 Å². The lowest BCUT2D eigenvalue weighted by molar-refractivity contribution is 0.608. The maximum atomic E-state index is 11.2. The van der Waals surface area contributed by atoms with E-state index in [1.165, 1.54) is 0 Å². The summed E-state index contributed by atoms with van der Waals surface area (Å²) >= 11 is 0. The van der Waals surface area contributed by atoms with Crippen molar-refractivity contribution in [1.82, 2.24) is 0 Å². The molecule has 0 aliphatic rings. The molecule has 0 aliphatic heterocycles. The van der Waals surface area contributed by atoms with Crippen LogP contribution < -0.4 is 0 Å². The first-order valence-corrected chi connectivity index (χ1v) is 6.86.